The second kappa shape index (κ2) is 4.26. The highest BCUT2D eigenvalue weighted by Gasteiger charge is 1.82. The third kappa shape index (κ3) is 5.10. The zero-order chi connectivity index (χ0) is 6.41. The van der Waals surface area contributed by atoms with Crippen LogP contribution < -0.4 is 5.43 Å². The van der Waals surface area contributed by atoms with E-state index in [0.717, 1.165) is 0 Å². The molecular weight excluding hydrogens is 108 g/mol. The Balaban J connectivity index is 3.19. The average molecular weight is 116 g/mol. The minimum Gasteiger partial charge on any atom is -0.388 e. The van der Waals surface area contributed by atoms with Gasteiger partial charge in [0.05, 0.1) is 12.3 Å². The summed E-state index contributed by atoms with van der Waals surface area (Å²) in [5.41, 5.74) is 2.01. The lowest BCUT2D eigenvalue weighted by molar-refractivity contribution is -0.109. The first-order valence-electron chi connectivity index (χ1n) is 2.18. The Hall–Kier alpha value is -0.900. The van der Waals surface area contributed by atoms with Gasteiger partial charge in [0.1, 0.15) is 0 Å². The zero-order valence-electron chi connectivity index (χ0n) is 4.53. The standard InChI is InChI=1S/C4H8N2O2/c1-4(8)2-5-6-3-7/h2-4,8H,1H3,(H,6,7)/b5-2+/t4-/m0/s1. The van der Waals surface area contributed by atoms with Crippen molar-refractivity contribution >= 4 is 12.6 Å². The molecule has 0 aliphatic rings. The number of hydrogen-bond acceptors (Lipinski definition) is 3. The van der Waals surface area contributed by atoms with Gasteiger partial charge in [0, 0.05) is 0 Å². The molecule has 4 heteroatoms. The summed E-state index contributed by atoms with van der Waals surface area (Å²) in [5.74, 6) is 0. The number of nitrogens with zero attached hydrogens (tertiary/aromatic N) is 1. The molecule has 0 rings (SSSR count). The summed E-state index contributed by atoms with van der Waals surface area (Å²) in [6.45, 7) is 1.54. The number of carbonyl (C=O) groups is 1. The third-order valence-corrected chi connectivity index (χ3v) is 0.418. The van der Waals surface area contributed by atoms with Crippen LogP contribution in [0.4, 0.5) is 0 Å². The molecule has 0 aromatic rings. The lowest BCUT2D eigenvalue weighted by atomic mass is 10.5. The van der Waals surface area contributed by atoms with Crippen LogP contribution in [-0.2, 0) is 4.79 Å². The number of carbonyl (C=O) groups excluding carboxylic acids is 1. The van der Waals surface area contributed by atoms with Crippen molar-refractivity contribution in [2.45, 2.75) is 13.0 Å². The van der Waals surface area contributed by atoms with Crippen molar-refractivity contribution in [1.82, 2.24) is 5.43 Å². The number of amides is 1. The molecule has 0 aromatic carbocycles. The van der Waals surface area contributed by atoms with E-state index in [0.29, 0.717) is 6.41 Å². The van der Waals surface area contributed by atoms with Crippen molar-refractivity contribution in [3.63, 3.8) is 0 Å². The van der Waals surface area contributed by atoms with E-state index < -0.39 is 6.10 Å². The van der Waals surface area contributed by atoms with Crippen molar-refractivity contribution in [1.29, 1.82) is 0 Å². The molecule has 46 valence electrons. The first-order valence-corrected chi connectivity index (χ1v) is 2.18. The van der Waals surface area contributed by atoms with Crippen LogP contribution in [-0.4, -0.2) is 23.8 Å². The van der Waals surface area contributed by atoms with E-state index in [-0.39, 0.29) is 0 Å². The van der Waals surface area contributed by atoms with Crippen molar-refractivity contribution in [3.05, 3.63) is 0 Å². The van der Waals surface area contributed by atoms with Gasteiger partial charge in [-0.3, -0.25) is 4.79 Å². The van der Waals surface area contributed by atoms with Gasteiger partial charge in [0.2, 0.25) is 6.41 Å². The van der Waals surface area contributed by atoms with E-state index in [4.69, 9.17) is 5.11 Å². The molecule has 4 nitrogen and oxygen atoms in total. The molecule has 0 aliphatic heterocycles. The van der Waals surface area contributed by atoms with E-state index in [9.17, 15) is 4.79 Å². The second-order valence-electron chi connectivity index (χ2n) is 1.27. The molecular formula is C4H8N2O2. The summed E-state index contributed by atoms with van der Waals surface area (Å²) in [6.07, 6.45) is 1.04. The van der Waals surface area contributed by atoms with Gasteiger partial charge in [-0.1, -0.05) is 0 Å². The molecule has 1 atom stereocenters. The summed E-state index contributed by atoms with van der Waals surface area (Å²) in [5, 5.41) is 11.8. The van der Waals surface area contributed by atoms with Crippen LogP contribution in [0.1, 0.15) is 6.92 Å². The smallest absolute Gasteiger partial charge is 0.227 e. The van der Waals surface area contributed by atoms with E-state index in [1.54, 1.807) is 0 Å². The van der Waals surface area contributed by atoms with Crippen LogP contribution >= 0.6 is 0 Å². The molecule has 0 fully saturated rings. The van der Waals surface area contributed by atoms with E-state index >= 15 is 0 Å². The molecule has 1 amide bonds. The molecule has 0 radical (unpaired) electrons. The maximum absolute atomic E-state index is 9.48. The fourth-order valence-electron chi connectivity index (χ4n) is 0.181. The summed E-state index contributed by atoms with van der Waals surface area (Å²) in [4.78, 5) is 9.48. The number of rotatable bonds is 3. The largest absolute Gasteiger partial charge is 0.388 e. The summed E-state index contributed by atoms with van der Waals surface area (Å²) >= 11 is 0. The quantitative estimate of drug-likeness (QED) is 0.285. The van der Waals surface area contributed by atoms with Crippen LogP contribution in [0.5, 0.6) is 0 Å². The van der Waals surface area contributed by atoms with Gasteiger partial charge in [-0.2, -0.15) is 5.10 Å². The fourth-order valence-corrected chi connectivity index (χ4v) is 0.181. The highest BCUT2D eigenvalue weighted by Crippen LogP contribution is 1.67. The first kappa shape index (κ1) is 7.10. The SMILES string of the molecule is C[C@H](O)/C=N/NC=O. The summed E-state index contributed by atoms with van der Waals surface area (Å²) in [7, 11) is 0. The minimum absolute atomic E-state index is 0.429. The van der Waals surface area contributed by atoms with Crippen molar-refractivity contribution < 1.29 is 9.90 Å². The number of nitrogens with one attached hydrogen (secondary N) is 1. The monoisotopic (exact) mass is 116 g/mol. The highest BCUT2D eigenvalue weighted by atomic mass is 16.3. The van der Waals surface area contributed by atoms with Crippen LogP contribution in [0.3, 0.4) is 0 Å². The van der Waals surface area contributed by atoms with Gasteiger partial charge in [0.15, 0.2) is 0 Å². The molecule has 0 heterocycles. The van der Waals surface area contributed by atoms with Gasteiger partial charge < -0.3 is 5.11 Å². The fraction of sp³-hybridized carbons (Fsp3) is 0.500. The van der Waals surface area contributed by atoms with Gasteiger partial charge in [-0.25, -0.2) is 5.43 Å². The topological polar surface area (TPSA) is 61.7 Å². The molecule has 0 saturated heterocycles. The van der Waals surface area contributed by atoms with Crippen molar-refractivity contribution in [2.75, 3.05) is 0 Å². The van der Waals surface area contributed by atoms with Crippen molar-refractivity contribution in [3.8, 4) is 0 Å². The molecule has 2 N–H and O–H groups in total. The maximum atomic E-state index is 9.48. The Bertz CT molecular complexity index is 90.0. The summed E-state index contributed by atoms with van der Waals surface area (Å²) in [6, 6.07) is 0. The Kier molecular flexibility index (Phi) is 3.78. The molecule has 8 heavy (non-hydrogen) atoms. The van der Waals surface area contributed by atoms with Gasteiger partial charge in [-0.15, -0.1) is 0 Å². The molecule has 0 aliphatic carbocycles. The van der Waals surface area contributed by atoms with Crippen LogP contribution in [0.15, 0.2) is 5.10 Å². The first-order chi connectivity index (χ1) is 3.77. The number of hydrazone groups is 1. The van der Waals surface area contributed by atoms with Crippen LogP contribution in [0.2, 0.25) is 0 Å². The zero-order valence-corrected chi connectivity index (χ0v) is 4.53. The number of hydrogen-bond donors (Lipinski definition) is 2. The normalized spacial score (nSPS) is 13.8. The van der Waals surface area contributed by atoms with E-state index in [2.05, 4.69) is 5.10 Å². The predicted molar refractivity (Wildman–Crippen MR) is 29.4 cm³/mol. The molecule has 0 aromatic heterocycles. The molecule has 0 unspecified atom stereocenters. The summed E-state index contributed by atoms with van der Waals surface area (Å²) < 4.78 is 0. The van der Waals surface area contributed by atoms with E-state index in [1.807, 2.05) is 5.43 Å². The van der Waals surface area contributed by atoms with Crippen LogP contribution in [0, 0.1) is 0 Å². The minimum atomic E-state index is -0.609. The van der Waals surface area contributed by atoms with Gasteiger partial charge in [0.25, 0.3) is 0 Å². The Labute approximate surface area is 47.2 Å². The Morgan fingerprint density at radius 1 is 1.88 bits per heavy atom. The van der Waals surface area contributed by atoms with Gasteiger partial charge >= 0.3 is 0 Å². The average Bonchev–Trinajstić information content (AvgIpc) is 1.66. The Morgan fingerprint density at radius 3 is 2.88 bits per heavy atom. The van der Waals surface area contributed by atoms with E-state index in [1.165, 1.54) is 13.1 Å². The maximum Gasteiger partial charge on any atom is 0.227 e. The van der Waals surface area contributed by atoms with Crippen molar-refractivity contribution in [2.24, 2.45) is 5.10 Å². The third-order valence-electron chi connectivity index (χ3n) is 0.418. The lowest BCUT2D eigenvalue weighted by Crippen LogP contribution is -2.07. The highest BCUT2D eigenvalue weighted by molar-refractivity contribution is 5.63. The molecule has 0 spiro atoms. The Morgan fingerprint density at radius 2 is 2.50 bits per heavy atom. The number of aliphatic hydroxyl groups excluding tert-OH is 1. The second-order valence-corrected chi connectivity index (χ2v) is 1.27. The number of aliphatic hydroxyl groups is 1. The van der Waals surface area contributed by atoms with Gasteiger partial charge in [-0.05, 0) is 6.92 Å². The lowest BCUT2D eigenvalue weighted by Gasteiger charge is -1.89. The molecule has 0 saturated carbocycles. The predicted octanol–water partition coefficient (Wildman–Crippen LogP) is -0.901. The molecule has 0 bridgehead atoms. The van der Waals surface area contributed by atoms with Crippen LogP contribution in [0.25, 0.3) is 0 Å².